The number of nitrogens with zero attached hydrogens (tertiary/aromatic N) is 2. The lowest BCUT2D eigenvalue weighted by Gasteiger charge is -2.37. The Hall–Kier alpha value is -1.92. The normalized spacial score (nSPS) is 22.1. The molecule has 0 saturated carbocycles. The number of amides is 2. The lowest BCUT2D eigenvalue weighted by molar-refractivity contribution is -0.140. The standard InChI is InChI=1S/C20H29N3O3/c1-15-3-5-16(6-4-15)14-23-10-9-21-20(25)18(23)13-19(24)22(2)17-7-11-26-12-8-17/h3-6,17-18H,7-14H2,1-2H3,(H,21,25)/t18-/m1/s1. The maximum atomic E-state index is 12.8. The third-order valence-electron chi connectivity index (χ3n) is 5.45. The van der Waals surface area contributed by atoms with Crippen LogP contribution in [0.2, 0.25) is 0 Å². The van der Waals surface area contributed by atoms with Gasteiger partial charge in [-0.25, -0.2) is 0 Å². The molecule has 0 spiro atoms. The Morgan fingerprint density at radius 1 is 1.27 bits per heavy atom. The van der Waals surface area contributed by atoms with Crippen molar-refractivity contribution >= 4 is 11.8 Å². The summed E-state index contributed by atoms with van der Waals surface area (Å²) in [6, 6.07) is 8.16. The monoisotopic (exact) mass is 359 g/mol. The van der Waals surface area contributed by atoms with Crippen molar-refractivity contribution in [2.45, 2.75) is 44.8 Å². The van der Waals surface area contributed by atoms with E-state index in [0.717, 1.165) is 19.4 Å². The Balaban J connectivity index is 1.64. The minimum absolute atomic E-state index is 0.0351. The Morgan fingerprint density at radius 3 is 2.65 bits per heavy atom. The Kier molecular flexibility index (Phi) is 6.27. The van der Waals surface area contributed by atoms with E-state index >= 15 is 0 Å². The lowest BCUT2D eigenvalue weighted by Crippen LogP contribution is -2.56. The van der Waals surface area contributed by atoms with Crippen LogP contribution in [0.15, 0.2) is 24.3 Å². The quantitative estimate of drug-likeness (QED) is 0.861. The van der Waals surface area contributed by atoms with Gasteiger partial charge in [-0.3, -0.25) is 14.5 Å². The van der Waals surface area contributed by atoms with E-state index in [2.05, 4.69) is 41.4 Å². The Bertz CT molecular complexity index is 626. The molecule has 1 aromatic rings. The van der Waals surface area contributed by atoms with Crippen molar-refractivity contribution in [1.29, 1.82) is 0 Å². The molecule has 0 aliphatic carbocycles. The van der Waals surface area contributed by atoms with Gasteiger partial charge in [0.15, 0.2) is 0 Å². The van der Waals surface area contributed by atoms with Crippen LogP contribution in [0.25, 0.3) is 0 Å². The van der Waals surface area contributed by atoms with Crippen LogP contribution in [0.1, 0.15) is 30.4 Å². The second-order valence-electron chi connectivity index (χ2n) is 7.32. The molecule has 6 nitrogen and oxygen atoms in total. The molecule has 0 bridgehead atoms. The molecule has 2 amide bonds. The van der Waals surface area contributed by atoms with Gasteiger partial charge in [0.1, 0.15) is 0 Å². The molecule has 2 fully saturated rings. The highest BCUT2D eigenvalue weighted by Gasteiger charge is 2.33. The number of piperazine rings is 1. The summed E-state index contributed by atoms with van der Waals surface area (Å²) in [7, 11) is 1.85. The zero-order valence-electron chi connectivity index (χ0n) is 15.7. The number of nitrogens with one attached hydrogen (secondary N) is 1. The summed E-state index contributed by atoms with van der Waals surface area (Å²) < 4.78 is 5.38. The summed E-state index contributed by atoms with van der Waals surface area (Å²) in [5.74, 6) is -0.00931. The van der Waals surface area contributed by atoms with E-state index in [0.29, 0.717) is 26.3 Å². The lowest BCUT2D eigenvalue weighted by atomic mass is 10.0. The number of hydrogen-bond donors (Lipinski definition) is 1. The van der Waals surface area contributed by atoms with Gasteiger partial charge in [0.2, 0.25) is 11.8 Å². The van der Waals surface area contributed by atoms with E-state index in [-0.39, 0.29) is 24.3 Å². The van der Waals surface area contributed by atoms with Crippen molar-refractivity contribution in [2.75, 3.05) is 33.4 Å². The second-order valence-corrected chi connectivity index (χ2v) is 7.32. The predicted molar refractivity (Wildman–Crippen MR) is 99.6 cm³/mol. The zero-order valence-corrected chi connectivity index (χ0v) is 15.7. The summed E-state index contributed by atoms with van der Waals surface area (Å²) in [5, 5.41) is 2.91. The largest absolute Gasteiger partial charge is 0.381 e. The van der Waals surface area contributed by atoms with Crippen LogP contribution in [0.3, 0.4) is 0 Å². The van der Waals surface area contributed by atoms with Crippen LogP contribution in [-0.2, 0) is 20.9 Å². The van der Waals surface area contributed by atoms with Gasteiger partial charge in [0.25, 0.3) is 0 Å². The van der Waals surface area contributed by atoms with Gasteiger partial charge in [-0.2, -0.15) is 0 Å². The molecule has 3 rings (SSSR count). The minimum atomic E-state index is -0.403. The van der Waals surface area contributed by atoms with Crippen molar-refractivity contribution in [1.82, 2.24) is 15.1 Å². The van der Waals surface area contributed by atoms with Crippen LogP contribution in [0.5, 0.6) is 0 Å². The minimum Gasteiger partial charge on any atom is -0.381 e. The molecule has 0 radical (unpaired) electrons. The first-order valence-electron chi connectivity index (χ1n) is 9.45. The first kappa shape index (κ1) is 18.9. The van der Waals surface area contributed by atoms with Gasteiger partial charge >= 0.3 is 0 Å². The predicted octanol–water partition coefficient (Wildman–Crippen LogP) is 1.32. The topological polar surface area (TPSA) is 61.9 Å². The zero-order chi connectivity index (χ0) is 18.5. The third-order valence-corrected chi connectivity index (χ3v) is 5.45. The fraction of sp³-hybridized carbons (Fsp3) is 0.600. The summed E-state index contributed by atoms with van der Waals surface area (Å²) in [5.41, 5.74) is 2.38. The van der Waals surface area contributed by atoms with E-state index in [4.69, 9.17) is 4.74 Å². The SMILES string of the molecule is Cc1ccc(CN2CCNC(=O)[C@H]2CC(=O)N(C)C2CCOCC2)cc1. The summed E-state index contributed by atoms with van der Waals surface area (Å²) >= 11 is 0. The molecule has 1 atom stereocenters. The fourth-order valence-electron chi connectivity index (χ4n) is 3.69. The molecular formula is C20H29N3O3. The van der Waals surface area contributed by atoms with Crippen molar-refractivity contribution < 1.29 is 14.3 Å². The van der Waals surface area contributed by atoms with Gasteiger partial charge in [-0.05, 0) is 25.3 Å². The number of rotatable bonds is 5. The maximum absolute atomic E-state index is 12.8. The molecule has 2 aliphatic heterocycles. The molecule has 26 heavy (non-hydrogen) atoms. The molecule has 1 aromatic carbocycles. The molecule has 142 valence electrons. The van der Waals surface area contributed by atoms with E-state index in [1.165, 1.54) is 11.1 Å². The number of carbonyl (C=O) groups is 2. The molecule has 0 unspecified atom stereocenters. The van der Waals surface area contributed by atoms with Gasteiger partial charge in [0.05, 0.1) is 12.5 Å². The average molecular weight is 359 g/mol. The van der Waals surface area contributed by atoms with E-state index in [1.807, 2.05) is 11.9 Å². The molecule has 0 aromatic heterocycles. The Morgan fingerprint density at radius 2 is 1.96 bits per heavy atom. The molecule has 1 N–H and O–H groups in total. The number of aryl methyl sites for hydroxylation is 1. The van der Waals surface area contributed by atoms with Gasteiger partial charge in [0, 0.05) is 45.9 Å². The number of benzene rings is 1. The van der Waals surface area contributed by atoms with Crippen LogP contribution in [0.4, 0.5) is 0 Å². The van der Waals surface area contributed by atoms with Gasteiger partial charge < -0.3 is 15.0 Å². The average Bonchev–Trinajstić information content (AvgIpc) is 2.66. The summed E-state index contributed by atoms with van der Waals surface area (Å²) in [4.78, 5) is 29.2. The Labute approximate surface area is 155 Å². The number of carbonyl (C=O) groups excluding carboxylic acids is 2. The first-order valence-corrected chi connectivity index (χ1v) is 9.45. The third kappa shape index (κ3) is 4.62. The van der Waals surface area contributed by atoms with Crippen LogP contribution in [0, 0.1) is 6.92 Å². The molecular weight excluding hydrogens is 330 g/mol. The highest BCUT2D eigenvalue weighted by atomic mass is 16.5. The number of ether oxygens (including phenoxy) is 1. The van der Waals surface area contributed by atoms with Crippen LogP contribution >= 0.6 is 0 Å². The molecule has 2 saturated heterocycles. The van der Waals surface area contributed by atoms with Crippen LogP contribution < -0.4 is 5.32 Å². The van der Waals surface area contributed by atoms with E-state index in [9.17, 15) is 9.59 Å². The highest BCUT2D eigenvalue weighted by Crippen LogP contribution is 2.18. The van der Waals surface area contributed by atoms with Crippen LogP contribution in [-0.4, -0.2) is 67.0 Å². The van der Waals surface area contributed by atoms with Crippen molar-refractivity contribution in [3.05, 3.63) is 35.4 Å². The summed E-state index contributed by atoms with van der Waals surface area (Å²) in [6.45, 7) is 5.54. The van der Waals surface area contributed by atoms with Gasteiger partial charge in [-0.1, -0.05) is 29.8 Å². The van der Waals surface area contributed by atoms with Crippen molar-refractivity contribution in [3.63, 3.8) is 0 Å². The first-order chi connectivity index (χ1) is 12.5. The summed E-state index contributed by atoms with van der Waals surface area (Å²) in [6.07, 6.45) is 1.96. The maximum Gasteiger partial charge on any atom is 0.237 e. The smallest absolute Gasteiger partial charge is 0.237 e. The van der Waals surface area contributed by atoms with Crippen molar-refractivity contribution in [3.8, 4) is 0 Å². The second kappa shape index (κ2) is 8.64. The van der Waals surface area contributed by atoms with Crippen molar-refractivity contribution in [2.24, 2.45) is 0 Å². The van der Waals surface area contributed by atoms with E-state index in [1.54, 1.807) is 0 Å². The number of hydrogen-bond acceptors (Lipinski definition) is 4. The highest BCUT2D eigenvalue weighted by molar-refractivity contribution is 5.88. The molecule has 2 heterocycles. The molecule has 6 heteroatoms. The van der Waals surface area contributed by atoms with E-state index < -0.39 is 6.04 Å². The molecule has 2 aliphatic rings. The van der Waals surface area contributed by atoms with Gasteiger partial charge in [-0.15, -0.1) is 0 Å². The fourth-order valence-corrected chi connectivity index (χ4v) is 3.69.